The largest absolute Gasteiger partial charge is 0.379 e. The molecule has 0 aliphatic carbocycles. The van der Waals surface area contributed by atoms with Crippen molar-refractivity contribution in [2.75, 3.05) is 13.2 Å². The van der Waals surface area contributed by atoms with Crippen LogP contribution >= 0.6 is 33.9 Å². The Morgan fingerprint density at radius 3 is 3.06 bits per heavy atom. The maximum Gasteiger partial charge on any atom is 0.252 e. The molecule has 1 N–H and O–H groups in total. The summed E-state index contributed by atoms with van der Waals surface area (Å²) in [4.78, 5) is 12.0. The van der Waals surface area contributed by atoms with E-state index in [4.69, 9.17) is 4.74 Å². The van der Waals surface area contributed by atoms with Crippen LogP contribution in [-0.2, 0) is 4.74 Å². The molecule has 1 aromatic rings. The summed E-state index contributed by atoms with van der Waals surface area (Å²) in [6.45, 7) is 3.46. The Kier molecular flexibility index (Phi) is 3.86. The molecule has 0 aromatic carbocycles. The maximum absolute atomic E-state index is 12.0. The van der Waals surface area contributed by atoms with Crippen molar-refractivity contribution in [3.05, 3.63) is 19.9 Å². The van der Waals surface area contributed by atoms with Gasteiger partial charge in [0.15, 0.2) is 0 Å². The van der Waals surface area contributed by atoms with E-state index in [9.17, 15) is 4.79 Å². The van der Waals surface area contributed by atoms with Crippen LogP contribution in [0.25, 0.3) is 0 Å². The monoisotopic (exact) mass is 351 g/mol. The summed E-state index contributed by atoms with van der Waals surface area (Å²) in [7, 11) is 0. The molecule has 5 heteroatoms. The van der Waals surface area contributed by atoms with Crippen LogP contribution in [0, 0.1) is 2.88 Å². The second kappa shape index (κ2) is 5.01. The smallest absolute Gasteiger partial charge is 0.252 e. The van der Waals surface area contributed by atoms with E-state index < -0.39 is 0 Å². The van der Waals surface area contributed by atoms with E-state index in [0.717, 1.165) is 27.9 Å². The fourth-order valence-corrected chi connectivity index (χ4v) is 3.13. The first-order valence-corrected chi connectivity index (χ1v) is 7.19. The summed E-state index contributed by atoms with van der Waals surface area (Å²) in [6.07, 6.45) is 2.00. The van der Waals surface area contributed by atoms with Crippen LogP contribution in [-0.4, -0.2) is 24.7 Å². The Hall–Kier alpha value is -0.140. The van der Waals surface area contributed by atoms with E-state index in [-0.39, 0.29) is 11.4 Å². The van der Waals surface area contributed by atoms with Gasteiger partial charge in [-0.15, -0.1) is 11.3 Å². The van der Waals surface area contributed by atoms with Gasteiger partial charge in [-0.1, -0.05) is 0 Å². The fourth-order valence-electron chi connectivity index (χ4n) is 1.81. The molecule has 2 rings (SSSR count). The van der Waals surface area contributed by atoms with E-state index in [0.29, 0.717) is 6.61 Å². The van der Waals surface area contributed by atoms with Crippen LogP contribution in [0.1, 0.15) is 30.1 Å². The quantitative estimate of drug-likeness (QED) is 0.832. The molecule has 2 heterocycles. The van der Waals surface area contributed by atoms with Crippen LogP contribution in [0.2, 0.25) is 0 Å². The Bertz CT molecular complexity index is 385. The lowest BCUT2D eigenvalue weighted by Gasteiger charge is -2.34. The summed E-state index contributed by atoms with van der Waals surface area (Å²) in [5.41, 5.74) is 0.545. The van der Waals surface area contributed by atoms with Gasteiger partial charge in [0.05, 0.1) is 20.6 Å². The van der Waals surface area contributed by atoms with Crippen LogP contribution < -0.4 is 5.32 Å². The zero-order valence-electron chi connectivity index (χ0n) is 9.09. The van der Waals surface area contributed by atoms with E-state index >= 15 is 0 Å². The molecule has 1 aliphatic heterocycles. The molecule has 1 aromatic heterocycles. The molecular weight excluding hydrogens is 337 g/mol. The average molecular weight is 351 g/mol. The van der Waals surface area contributed by atoms with Crippen molar-refractivity contribution < 1.29 is 9.53 Å². The number of hydrogen-bond donors (Lipinski definition) is 1. The second-order valence-electron chi connectivity index (χ2n) is 4.31. The number of thiophene rings is 1. The molecule has 0 saturated carbocycles. The number of carbonyl (C=O) groups is 1. The van der Waals surface area contributed by atoms with Crippen LogP contribution in [0.5, 0.6) is 0 Å². The van der Waals surface area contributed by atoms with Gasteiger partial charge in [0.1, 0.15) is 0 Å². The Balaban J connectivity index is 2.01. The molecule has 1 amide bonds. The third-order valence-corrected chi connectivity index (χ3v) is 4.47. The summed E-state index contributed by atoms with van der Waals surface area (Å²) in [5, 5.41) is 4.96. The Morgan fingerprint density at radius 1 is 1.69 bits per heavy atom. The number of halogens is 1. The van der Waals surface area contributed by atoms with Crippen molar-refractivity contribution >= 4 is 39.8 Å². The molecule has 0 spiro atoms. The van der Waals surface area contributed by atoms with Gasteiger partial charge in [0, 0.05) is 12.0 Å². The van der Waals surface area contributed by atoms with Crippen molar-refractivity contribution in [1.29, 1.82) is 0 Å². The van der Waals surface area contributed by atoms with Crippen LogP contribution in [0.3, 0.4) is 0 Å². The van der Waals surface area contributed by atoms with E-state index in [1.807, 2.05) is 18.4 Å². The normalized spacial score (nSPS) is 25.4. The van der Waals surface area contributed by atoms with Gasteiger partial charge in [-0.25, -0.2) is 0 Å². The second-order valence-corrected chi connectivity index (χ2v) is 7.12. The fraction of sp³-hybridized carbons (Fsp3) is 0.545. The first-order valence-electron chi connectivity index (χ1n) is 5.23. The molecule has 1 saturated heterocycles. The minimum Gasteiger partial charge on any atom is -0.379 e. The van der Waals surface area contributed by atoms with Gasteiger partial charge >= 0.3 is 0 Å². The molecule has 0 radical (unpaired) electrons. The number of hydrogen-bond acceptors (Lipinski definition) is 3. The number of ether oxygens (including phenoxy) is 1. The van der Waals surface area contributed by atoms with Crippen molar-refractivity contribution in [2.45, 2.75) is 25.3 Å². The van der Waals surface area contributed by atoms with Gasteiger partial charge in [-0.2, -0.15) is 0 Å². The first-order chi connectivity index (χ1) is 7.59. The molecule has 1 fully saturated rings. The average Bonchev–Trinajstić information content (AvgIpc) is 2.65. The highest BCUT2D eigenvalue weighted by Gasteiger charge is 2.29. The topological polar surface area (TPSA) is 38.3 Å². The first kappa shape index (κ1) is 12.3. The molecule has 16 heavy (non-hydrogen) atoms. The standard InChI is InChI=1S/C11H14INO2S/c1-11(3-2-4-15-7-11)13-10(14)8-5-9(12)16-6-8/h5-6H,2-4,7H2,1H3,(H,13,14). The highest BCUT2D eigenvalue weighted by atomic mass is 127. The van der Waals surface area contributed by atoms with E-state index in [1.165, 1.54) is 0 Å². The zero-order chi connectivity index (χ0) is 11.6. The molecule has 1 unspecified atom stereocenters. The minimum absolute atomic E-state index is 0.00664. The predicted octanol–water partition coefficient (Wildman–Crippen LogP) is 2.65. The molecule has 1 atom stereocenters. The Labute approximate surface area is 113 Å². The third kappa shape index (κ3) is 2.95. The highest BCUT2D eigenvalue weighted by molar-refractivity contribution is 14.1. The summed E-state index contributed by atoms with van der Waals surface area (Å²) < 4.78 is 6.55. The maximum atomic E-state index is 12.0. The van der Waals surface area contributed by atoms with Crippen molar-refractivity contribution in [2.24, 2.45) is 0 Å². The molecular formula is C11H14INO2S. The van der Waals surface area contributed by atoms with E-state index in [1.54, 1.807) is 11.3 Å². The number of amides is 1. The van der Waals surface area contributed by atoms with Gasteiger partial charge in [0.2, 0.25) is 0 Å². The summed E-state index contributed by atoms with van der Waals surface area (Å²) >= 11 is 3.81. The number of rotatable bonds is 2. The third-order valence-electron chi connectivity index (χ3n) is 2.68. The number of nitrogens with one attached hydrogen (secondary N) is 1. The lowest BCUT2D eigenvalue weighted by Crippen LogP contribution is -2.51. The van der Waals surface area contributed by atoms with Gasteiger partial charge in [-0.05, 0) is 48.4 Å². The minimum atomic E-state index is -0.206. The van der Waals surface area contributed by atoms with Crippen molar-refractivity contribution in [3.8, 4) is 0 Å². The van der Waals surface area contributed by atoms with Crippen LogP contribution in [0.15, 0.2) is 11.4 Å². The van der Waals surface area contributed by atoms with Gasteiger partial charge < -0.3 is 10.1 Å². The Morgan fingerprint density at radius 2 is 2.50 bits per heavy atom. The number of carbonyl (C=O) groups excluding carboxylic acids is 1. The summed E-state index contributed by atoms with van der Waals surface area (Å²) in [6, 6.07) is 1.91. The zero-order valence-corrected chi connectivity index (χ0v) is 12.1. The van der Waals surface area contributed by atoms with E-state index in [2.05, 4.69) is 27.9 Å². The SMILES string of the molecule is CC1(NC(=O)c2csc(I)c2)CCCOC1. The summed E-state index contributed by atoms with van der Waals surface area (Å²) in [5.74, 6) is 0.00664. The molecule has 0 bridgehead atoms. The highest BCUT2D eigenvalue weighted by Crippen LogP contribution is 2.21. The lowest BCUT2D eigenvalue weighted by molar-refractivity contribution is 0.0273. The molecule has 1 aliphatic rings. The van der Waals surface area contributed by atoms with Crippen molar-refractivity contribution in [3.63, 3.8) is 0 Å². The van der Waals surface area contributed by atoms with Crippen molar-refractivity contribution in [1.82, 2.24) is 5.32 Å². The lowest BCUT2D eigenvalue weighted by atomic mass is 9.94. The van der Waals surface area contributed by atoms with Crippen LogP contribution in [0.4, 0.5) is 0 Å². The van der Waals surface area contributed by atoms with Gasteiger partial charge in [-0.3, -0.25) is 4.79 Å². The van der Waals surface area contributed by atoms with Gasteiger partial charge in [0.25, 0.3) is 5.91 Å². The predicted molar refractivity (Wildman–Crippen MR) is 73.0 cm³/mol. The molecule has 3 nitrogen and oxygen atoms in total. The molecule has 88 valence electrons.